The van der Waals surface area contributed by atoms with E-state index in [1.807, 2.05) is 30.3 Å². The third-order valence-electron chi connectivity index (χ3n) is 5.86. The lowest BCUT2D eigenvalue weighted by Gasteiger charge is -2.27. The van der Waals surface area contributed by atoms with Crippen molar-refractivity contribution in [3.8, 4) is 0 Å². The maximum absolute atomic E-state index is 8.47. The Kier molecular flexibility index (Phi) is 5.78. The van der Waals surface area contributed by atoms with Crippen LogP contribution in [0.15, 0.2) is 35.3 Å². The van der Waals surface area contributed by atoms with Crippen molar-refractivity contribution >= 4 is 22.6 Å². The molecule has 0 radical (unpaired) electrons. The first-order chi connectivity index (χ1) is 13.6. The van der Waals surface area contributed by atoms with Gasteiger partial charge in [-0.15, -0.1) is 0 Å². The van der Waals surface area contributed by atoms with Crippen LogP contribution in [0.5, 0.6) is 0 Å². The Morgan fingerprint density at radius 1 is 1.21 bits per heavy atom. The summed E-state index contributed by atoms with van der Waals surface area (Å²) in [5.41, 5.74) is 7.55. The van der Waals surface area contributed by atoms with Gasteiger partial charge in [-0.1, -0.05) is 37.5 Å². The predicted octanol–water partition coefficient (Wildman–Crippen LogP) is 2.51. The molecule has 2 aromatic rings. The number of fused-ring (bicyclic) bond motifs is 1. The zero-order valence-corrected chi connectivity index (χ0v) is 16.7. The van der Waals surface area contributed by atoms with Crippen molar-refractivity contribution in [2.75, 3.05) is 18.0 Å². The maximum atomic E-state index is 8.47. The lowest BCUT2D eigenvalue weighted by Crippen LogP contribution is -2.41. The molecule has 2 fully saturated rings. The van der Waals surface area contributed by atoms with Crippen LogP contribution >= 0.6 is 0 Å². The second-order valence-electron chi connectivity index (χ2n) is 8.20. The standard InChI is InChI=1S/C22H31N5O/c1-15(23)24-22(28)19-13-16-7-5-6-10-20(16)26-21(19)27-12-11-18(14-27)25-17-8-3-2-4-9-17/h5-7,10,13,15,17-18,25H,2-4,8-9,11-12,14,23H2,1H3,(H,24,28)/p+1. The molecule has 6 heteroatoms. The van der Waals surface area contributed by atoms with Crippen LogP contribution in [-0.2, 0) is 0 Å². The minimum Gasteiger partial charge on any atom is -0.578 e. The molecule has 5 N–H and O–H groups in total. The van der Waals surface area contributed by atoms with Crippen molar-refractivity contribution in [1.82, 2.24) is 10.3 Å². The van der Waals surface area contributed by atoms with Crippen LogP contribution in [0.2, 0.25) is 0 Å². The molecule has 150 valence electrons. The Morgan fingerprint density at radius 3 is 2.79 bits per heavy atom. The van der Waals surface area contributed by atoms with Gasteiger partial charge in [0.05, 0.1) is 5.52 Å². The molecule has 1 aliphatic carbocycles. The zero-order chi connectivity index (χ0) is 19.5. The molecular formula is C22H32N5O+. The number of para-hydroxylation sites is 1. The van der Waals surface area contributed by atoms with Gasteiger partial charge in [0.25, 0.3) is 0 Å². The minimum absolute atomic E-state index is 0.215. The van der Waals surface area contributed by atoms with Crippen molar-refractivity contribution in [3.05, 3.63) is 35.9 Å². The number of anilines is 1. The Labute approximate surface area is 166 Å². The second-order valence-corrected chi connectivity index (χ2v) is 8.20. The molecule has 0 amide bonds. The summed E-state index contributed by atoms with van der Waals surface area (Å²) in [7, 11) is 0. The Morgan fingerprint density at radius 2 is 2.00 bits per heavy atom. The summed E-state index contributed by atoms with van der Waals surface area (Å²) < 4.78 is 0. The molecule has 1 aliphatic heterocycles. The number of hydrogen-bond acceptors (Lipinski definition) is 5. The normalized spacial score (nSPS) is 22.7. The average Bonchev–Trinajstić information content (AvgIpc) is 3.15. The average molecular weight is 383 g/mol. The molecule has 4 rings (SSSR count). The summed E-state index contributed by atoms with van der Waals surface area (Å²) in [5.74, 6) is 1.08. The summed E-state index contributed by atoms with van der Waals surface area (Å²) in [6.07, 6.45) is 7.39. The SMILES string of the molecule is CC(N)/N=C(\[OH2+])c1cc2ccccc2nc1N1CCC(NC2CCCCC2)C1. The summed E-state index contributed by atoms with van der Waals surface area (Å²) in [6.45, 7) is 3.68. The lowest BCUT2D eigenvalue weighted by molar-refractivity contribution is 0.344. The summed E-state index contributed by atoms with van der Waals surface area (Å²) in [4.78, 5) is 11.5. The molecule has 1 aromatic heterocycles. The highest BCUT2D eigenvalue weighted by atomic mass is 16.3. The van der Waals surface area contributed by atoms with E-state index in [1.54, 1.807) is 6.92 Å². The molecule has 0 bridgehead atoms. The zero-order valence-electron chi connectivity index (χ0n) is 16.7. The van der Waals surface area contributed by atoms with E-state index in [2.05, 4.69) is 15.2 Å². The first-order valence-corrected chi connectivity index (χ1v) is 10.6. The van der Waals surface area contributed by atoms with Gasteiger partial charge in [-0.3, -0.25) is 0 Å². The van der Waals surface area contributed by atoms with E-state index in [9.17, 15) is 0 Å². The van der Waals surface area contributed by atoms with Crippen LogP contribution in [0.4, 0.5) is 5.82 Å². The highest BCUT2D eigenvalue weighted by molar-refractivity contribution is 6.01. The Balaban J connectivity index is 1.59. The van der Waals surface area contributed by atoms with Crippen molar-refractivity contribution in [2.45, 2.75) is 63.7 Å². The number of hydrogen-bond donors (Lipinski definition) is 2. The Hall–Kier alpha value is -2.18. The Bertz CT molecular complexity index is 844. The van der Waals surface area contributed by atoms with Gasteiger partial charge in [0.1, 0.15) is 17.5 Å². The molecule has 2 unspecified atom stereocenters. The van der Waals surface area contributed by atoms with Crippen molar-refractivity contribution in [3.63, 3.8) is 0 Å². The molecular weight excluding hydrogens is 350 g/mol. The van der Waals surface area contributed by atoms with Gasteiger partial charge in [0.15, 0.2) is 0 Å². The minimum atomic E-state index is -0.397. The topological polar surface area (TPSA) is 89.4 Å². The van der Waals surface area contributed by atoms with Gasteiger partial charge in [-0.2, -0.15) is 4.99 Å². The largest absolute Gasteiger partial charge is 0.578 e. The second kappa shape index (κ2) is 8.45. The number of nitrogens with one attached hydrogen (secondary N) is 1. The molecule has 1 aromatic carbocycles. The molecule has 1 saturated heterocycles. The molecule has 28 heavy (non-hydrogen) atoms. The van der Waals surface area contributed by atoms with Crippen LogP contribution < -0.4 is 16.0 Å². The predicted molar refractivity (Wildman–Crippen MR) is 116 cm³/mol. The van der Waals surface area contributed by atoms with Gasteiger partial charge in [0.2, 0.25) is 0 Å². The number of benzene rings is 1. The van der Waals surface area contributed by atoms with E-state index in [-0.39, 0.29) is 5.90 Å². The van der Waals surface area contributed by atoms with E-state index in [4.69, 9.17) is 15.8 Å². The van der Waals surface area contributed by atoms with E-state index in [0.29, 0.717) is 12.1 Å². The lowest BCUT2D eigenvalue weighted by atomic mass is 9.95. The highest BCUT2D eigenvalue weighted by Gasteiger charge is 2.29. The van der Waals surface area contributed by atoms with E-state index >= 15 is 0 Å². The number of aliphatic imine (C=N–C) groups is 1. The molecule has 6 nitrogen and oxygen atoms in total. The molecule has 1 saturated carbocycles. The summed E-state index contributed by atoms with van der Waals surface area (Å²) in [5, 5.41) is 13.4. The number of rotatable bonds is 5. The van der Waals surface area contributed by atoms with E-state index < -0.39 is 6.17 Å². The van der Waals surface area contributed by atoms with E-state index in [0.717, 1.165) is 41.8 Å². The fourth-order valence-corrected chi connectivity index (χ4v) is 4.49. The van der Waals surface area contributed by atoms with Gasteiger partial charge in [-0.25, -0.2) is 4.98 Å². The summed E-state index contributed by atoms with van der Waals surface area (Å²) in [6, 6.07) is 11.3. The van der Waals surface area contributed by atoms with Crippen molar-refractivity contribution in [2.24, 2.45) is 10.7 Å². The van der Waals surface area contributed by atoms with Gasteiger partial charge < -0.3 is 21.1 Å². The highest BCUT2D eigenvalue weighted by Crippen LogP contribution is 2.28. The maximum Gasteiger partial charge on any atom is 0.365 e. The van der Waals surface area contributed by atoms with Crippen LogP contribution in [0.3, 0.4) is 0 Å². The number of nitrogens with two attached hydrogens (primary N) is 1. The van der Waals surface area contributed by atoms with E-state index in [1.165, 1.54) is 32.1 Å². The number of aromatic nitrogens is 1. The van der Waals surface area contributed by atoms with Crippen molar-refractivity contribution in [1.29, 1.82) is 0 Å². The monoisotopic (exact) mass is 382 g/mol. The van der Waals surface area contributed by atoms with Crippen LogP contribution in [0, 0.1) is 0 Å². The first-order valence-electron chi connectivity index (χ1n) is 10.6. The third kappa shape index (κ3) is 4.28. The molecule has 2 atom stereocenters. The quantitative estimate of drug-likeness (QED) is 0.472. The van der Waals surface area contributed by atoms with Crippen LogP contribution in [-0.4, -0.2) is 47.3 Å². The fourth-order valence-electron chi connectivity index (χ4n) is 4.49. The fraction of sp³-hybridized carbons (Fsp3) is 0.545. The number of nitrogens with zero attached hydrogens (tertiary/aromatic N) is 3. The molecule has 2 aliphatic rings. The van der Waals surface area contributed by atoms with Crippen molar-refractivity contribution < 1.29 is 5.11 Å². The molecule has 0 spiro atoms. The first kappa shape index (κ1) is 19.2. The van der Waals surface area contributed by atoms with Gasteiger partial charge in [0, 0.05) is 30.6 Å². The molecule has 2 heterocycles. The van der Waals surface area contributed by atoms with Gasteiger partial charge in [-0.05, 0) is 38.3 Å². The number of pyridine rings is 1. The smallest absolute Gasteiger partial charge is 0.365 e. The summed E-state index contributed by atoms with van der Waals surface area (Å²) >= 11 is 0. The van der Waals surface area contributed by atoms with Crippen LogP contribution in [0.25, 0.3) is 10.9 Å². The van der Waals surface area contributed by atoms with Gasteiger partial charge >= 0.3 is 5.90 Å². The third-order valence-corrected chi connectivity index (χ3v) is 5.86. The van der Waals surface area contributed by atoms with Crippen LogP contribution in [0.1, 0.15) is 51.0 Å².